The summed E-state index contributed by atoms with van der Waals surface area (Å²) >= 11 is 0. The zero-order chi connectivity index (χ0) is 16.4. The molecule has 7 nitrogen and oxygen atoms in total. The van der Waals surface area contributed by atoms with E-state index in [1.807, 2.05) is 10.7 Å². The lowest BCUT2D eigenvalue weighted by atomic mass is 9.97. The van der Waals surface area contributed by atoms with Crippen LogP contribution in [0.5, 0.6) is 0 Å². The maximum absolute atomic E-state index is 12.4. The van der Waals surface area contributed by atoms with E-state index in [0.29, 0.717) is 12.6 Å². The summed E-state index contributed by atoms with van der Waals surface area (Å²) in [7, 11) is 0. The van der Waals surface area contributed by atoms with Crippen LogP contribution >= 0.6 is 0 Å². The van der Waals surface area contributed by atoms with Crippen molar-refractivity contribution in [2.75, 3.05) is 13.1 Å². The van der Waals surface area contributed by atoms with Crippen LogP contribution in [0.25, 0.3) is 0 Å². The van der Waals surface area contributed by atoms with Gasteiger partial charge in [0, 0.05) is 18.7 Å². The molecular weight excluding hydrogens is 304 g/mol. The third-order valence-electron chi connectivity index (χ3n) is 5.24. The Bertz CT molecular complexity index is 738. The topological polar surface area (TPSA) is 68.8 Å². The number of aromatic nitrogens is 5. The Morgan fingerprint density at radius 1 is 1.17 bits per heavy atom. The quantitative estimate of drug-likeness (QED) is 0.815. The molecule has 128 valence electrons. The van der Waals surface area contributed by atoms with Crippen molar-refractivity contribution >= 4 is 0 Å². The molecule has 2 aromatic heterocycles. The molecule has 1 aliphatic heterocycles. The van der Waals surface area contributed by atoms with Crippen molar-refractivity contribution in [2.24, 2.45) is 0 Å². The van der Waals surface area contributed by atoms with Crippen LogP contribution in [-0.4, -0.2) is 48.6 Å². The van der Waals surface area contributed by atoms with Gasteiger partial charge in [-0.05, 0) is 50.6 Å². The van der Waals surface area contributed by atoms with Crippen LogP contribution in [0.2, 0.25) is 0 Å². The van der Waals surface area contributed by atoms with Crippen molar-refractivity contribution in [2.45, 2.75) is 57.7 Å². The SMILES string of the molecule is O=c1cc2c(nn1CC1CCCN1CCn1cncn1)CCCC2. The molecule has 1 fully saturated rings. The van der Waals surface area contributed by atoms with Crippen LogP contribution in [0.3, 0.4) is 0 Å². The molecule has 3 heterocycles. The highest BCUT2D eigenvalue weighted by Gasteiger charge is 2.25. The molecule has 0 radical (unpaired) electrons. The molecule has 0 N–H and O–H groups in total. The van der Waals surface area contributed by atoms with Gasteiger partial charge >= 0.3 is 0 Å². The van der Waals surface area contributed by atoms with E-state index in [0.717, 1.165) is 50.2 Å². The van der Waals surface area contributed by atoms with E-state index >= 15 is 0 Å². The summed E-state index contributed by atoms with van der Waals surface area (Å²) < 4.78 is 3.56. The Labute approximate surface area is 141 Å². The number of likely N-dealkylation sites (tertiary alicyclic amines) is 1. The Kier molecular flexibility index (Phi) is 4.42. The van der Waals surface area contributed by atoms with Gasteiger partial charge in [0.05, 0.1) is 18.8 Å². The summed E-state index contributed by atoms with van der Waals surface area (Å²) in [6, 6.07) is 2.20. The second-order valence-corrected chi connectivity index (χ2v) is 6.83. The van der Waals surface area contributed by atoms with Gasteiger partial charge in [-0.2, -0.15) is 10.2 Å². The van der Waals surface area contributed by atoms with Gasteiger partial charge in [0.1, 0.15) is 12.7 Å². The van der Waals surface area contributed by atoms with Gasteiger partial charge in [-0.15, -0.1) is 0 Å². The largest absolute Gasteiger partial charge is 0.297 e. The average Bonchev–Trinajstić information content (AvgIpc) is 3.25. The van der Waals surface area contributed by atoms with Gasteiger partial charge in [-0.3, -0.25) is 14.4 Å². The molecule has 0 aromatic carbocycles. The maximum atomic E-state index is 12.4. The van der Waals surface area contributed by atoms with Crippen LogP contribution < -0.4 is 5.56 Å². The first-order chi connectivity index (χ1) is 11.8. The normalized spacial score (nSPS) is 21.1. The molecule has 2 aliphatic rings. The Morgan fingerprint density at radius 3 is 2.96 bits per heavy atom. The summed E-state index contributed by atoms with van der Waals surface area (Å²) in [6.07, 6.45) is 10.0. The Hall–Kier alpha value is -2.02. The highest BCUT2D eigenvalue weighted by atomic mass is 16.1. The van der Waals surface area contributed by atoms with Crippen molar-refractivity contribution in [1.29, 1.82) is 0 Å². The molecular formula is C17H24N6O. The minimum atomic E-state index is 0.0544. The molecule has 1 unspecified atom stereocenters. The zero-order valence-corrected chi connectivity index (χ0v) is 14.0. The first-order valence-electron chi connectivity index (χ1n) is 8.96. The maximum Gasteiger partial charge on any atom is 0.267 e. The number of fused-ring (bicyclic) bond motifs is 1. The summed E-state index contributed by atoms with van der Waals surface area (Å²) in [4.78, 5) is 18.8. The van der Waals surface area contributed by atoms with E-state index in [2.05, 4.69) is 20.1 Å². The second-order valence-electron chi connectivity index (χ2n) is 6.83. The Balaban J connectivity index is 1.44. The highest BCUT2D eigenvalue weighted by Crippen LogP contribution is 2.20. The van der Waals surface area contributed by atoms with Crippen LogP contribution in [0, 0.1) is 0 Å². The molecule has 4 rings (SSSR count). The van der Waals surface area contributed by atoms with Gasteiger partial charge in [0.25, 0.3) is 5.56 Å². The third-order valence-corrected chi connectivity index (χ3v) is 5.24. The van der Waals surface area contributed by atoms with Crippen molar-refractivity contribution in [3.8, 4) is 0 Å². The Morgan fingerprint density at radius 2 is 2.08 bits per heavy atom. The minimum Gasteiger partial charge on any atom is -0.297 e. The molecule has 2 aromatic rings. The lowest BCUT2D eigenvalue weighted by Gasteiger charge is -2.25. The smallest absolute Gasteiger partial charge is 0.267 e. The van der Waals surface area contributed by atoms with Crippen molar-refractivity contribution in [3.63, 3.8) is 0 Å². The lowest BCUT2D eigenvalue weighted by Crippen LogP contribution is -2.39. The molecule has 0 bridgehead atoms. The molecule has 24 heavy (non-hydrogen) atoms. The number of hydrogen-bond donors (Lipinski definition) is 0. The van der Waals surface area contributed by atoms with E-state index in [1.165, 1.54) is 19.3 Å². The molecule has 7 heteroatoms. The molecule has 1 saturated heterocycles. The standard InChI is InChI=1S/C17H24N6O/c24-17-10-14-4-1-2-6-16(14)20-23(17)11-15-5-3-7-21(15)8-9-22-13-18-12-19-22/h10,12-13,15H,1-9,11H2. The van der Waals surface area contributed by atoms with Gasteiger partial charge < -0.3 is 0 Å². The average molecular weight is 328 g/mol. The van der Waals surface area contributed by atoms with Gasteiger partial charge in [0.2, 0.25) is 0 Å². The number of aryl methyl sites for hydroxylation is 2. The van der Waals surface area contributed by atoms with Crippen LogP contribution in [0.15, 0.2) is 23.5 Å². The minimum absolute atomic E-state index is 0.0544. The molecule has 0 saturated carbocycles. The number of hydrogen-bond acceptors (Lipinski definition) is 5. The van der Waals surface area contributed by atoms with Crippen LogP contribution in [-0.2, 0) is 25.9 Å². The fraction of sp³-hybridized carbons (Fsp3) is 0.647. The molecule has 0 spiro atoms. The second kappa shape index (κ2) is 6.84. The summed E-state index contributed by atoms with van der Waals surface area (Å²) in [5, 5.41) is 8.83. The monoisotopic (exact) mass is 328 g/mol. The first-order valence-corrected chi connectivity index (χ1v) is 8.96. The van der Waals surface area contributed by atoms with Crippen LogP contribution in [0.4, 0.5) is 0 Å². The fourth-order valence-electron chi connectivity index (χ4n) is 3.91. The fourth-order valence-corrected chi connectivity index (χ4v) is 3.91. The van der Waals surface area contributed by atoms with E-state index in [4.69, 9.17) is 0 Å². The van der Waals surface area contributed by atoms with E-state index in [1.54, 1.807) is 17.3 Å². The predicted octanol–water partition coefficient (Wildman–Crippen LogP) is 0.878. The molecule has 1 aliphatic carbocycles. The molecule has 1 atom stereocenters. The van der Waals surface area contributed by atoms with E-state index in [9.17, 15) is 4.79 Å². The van der Waals surface area contributed by atoms with Crippen molar-refractivity contribution in [1.82, 2.24) is 29.4 Å². The predicted molar refractivity (Wildman–Crippen MR) is 89.8 cm³/mol. The van der Waals surface area contributed by atoms with E-state index in [-0.39, 0.29) is 5.56 Å². The highest BCUT2D eigenvalue weighted by molar-refractivity contribution is 5.20. The van der Waals surface area contributed by atoms with Gasteiger partial charge in [-0.25, -0.2) is 9.67 Å². The van der Waals surface area contributed by atoms with Crippen molar-refractivity contribution in [3.05, 3.63) is 40.3 Å². The molecule has 0 amide bonds. The van der Waals surface area contributed by atoms with Gasteiger partial charge in [0.15, 0.2) is 0 Å². The zero-order valence-electron chi connectivity index (χ0n) is 14.0. The lowest BCUT2D eigenvalue weighted by molar-refractivity contribution is 0.213. The summed E-state index contributed by atoms with van der Waals surface area (Å²) in [6.45, 7) is 3.55. The number of rotatable bonds is 5. The summed E-state index contributed by atoms with van der Waals surface area (Å²) in [5.41, 5.74) is 2.35. The van der Waals surface area contributed by atoms with Crippen LogP contribution in [0.1, 0.15) is 36.9 Å². The summed E-state index contributed by atoms with van der Waals surface area (Å²) in [5.74, 6) is 0. The first kappa shape index (κ1) is 15.5. The number of nitrogens with zero attached hydrogens (tertiary/aromatic N) is 6. The van der Waals surface area contributed by atoms with Gasteiger partial charge in [-0.1, -0.05) is 0 Å². The van der Waals surface area contributed by atoms with Crippen molar-refractivity contribution < 1.29 is 0 Å². The van der Waals surface area contributed by atoms with E-state index < -0.39 is 0 Å². The third kappa shape index (κ3) is 3.26.